The fourth-order valence-corrected chi connectivity index (χ4v) is 4.48. The van der Waals surface area contributed by atoms with Crippen molar-refractivity contribution >= 4 is 5.78 Å². The molecule has 138 valence electrons. The molecule has 0 spiro atoms. The molecule has 2 aliphatic rings. The summed E-state index contributed by atoms with van der Waals surface area (Å²) in [5.74, 6) is 2.54. The van der Waals surface area contributed by atoms with Crippen molar-refractivity contribution in [1.29, 1.82) is 0 Å². The van der Waals surface area contributed by atoms with Gasteiger partial charge in [0.15, 0.2) is 5.78 Å². The molecule has 3 nitrogen and oxygen atoms in total. The van der Waals surface area contributed by atoms with Gasteiger partial charge in [-0.15, -0.1) is 0 Å². The summed E-state index contributed by atoms with van der Waals surface area (Å²) in [6.45, 7) is 6.94. The molecule has 0 unspecified atom stereocenters. The van der Waals surface area contributed by atoms with Gasteiger partial charge >= 0.3 is 0 Å². The summed E-state index contributed by atoms with van der Waals surface area (Å²) in [6, 6.07) is 6.59. The Hall–Kier alpha value is -1.35. The van der Waals surface area contributed by atoms with Crippen molar-refractivity contribution in [1.82, 2.24) is 4.90 Å². The van der Waals surface area contributed by atoms with Crippen LogP contribution in [-0.4, -0.2) is 36.9 Å². The van der Waals surface area contributed by atoms with E-state index in [2.05, 4.69) is 11.8 Å². The highest BCUT2D eigenvalue weighted by Gasteiger charge is 2.29. The Kier molecular flexibility index (Phi) is 6.16. The lowest BCUT2D eigenvalue weighted by Crippen LogP contribution is -2.42. The van der Waals surface area contributed by atoms with E-state index in [-0.39, 0.29) is 5.78 Å². The largest absolute Gasteiger partial charge is 0.496 e. The highest BCUT2D eigenvalue weighted by Crippen LogP contribution is 2.33. The normalized spacial score (nSPS) is 25.7. The van der Waals surface area contributed by atoms with E-state index in [0.717, 1.165) is 28.8 Å². The van der Waals surface area contributed by atoms with E-state index in [9.17, 15) is 4.79 Å². The van der Waals surface area contributed by atoms with Crippen LogP contribution in [-0.2, 0) is 0 Å². The molecule has 1 saturated heterocycles. The number of carbonyl (C=O) groups is 1. The van der Waals surface area contributed by atoms with Crippen LogP contribution in [0.5, 0.6) is 5.75 Å². The minimum Gasteiger partial charge on any atom is -0.496 e. The number of rotatable bonds is 5. The van der Waals surface area contributed by atoms with Crippen LogP contribution in [0.1, 0.15) is 67.8 Å². The molecule has 0 atom stereocenters. The van der Waals surface area contributed by atoms with E-state index in [1.165, 1.54) is 51.6 Å². The van der Waals surface area contributed by atoms with Crippen molar-refractivity contribution in [2.45, 2.75) is 64.8 Å². The van der Waals surface area contributed by atoms with Crippen molar-refractivity contribution in [3.05, 3.63) is 29.3 Å². The maximum absolute atomic E-state index is 12.6. The number of methoxy groups -OCH3 is 1. The zero-order valence-corrected chi connectivity index (χ0v) is 16.1. The number of carbonyl (C=O) groups excluding carboxylic acids is 1. The summed E-state index contributed by atoms with van der Waals surface area (Å²) in [7, 11) is 1.67. The molecule has 1 aliphatic heterocycles. The van der Waals surface area contributed by atoms with Crippen LogP contribution >= 0.6 is 0 Å². The molecule has 1 aliphatic carbocycles. The van der Waals surface area contributed by atoms with Crippen LogP contribution in [0, 0.1) is 18.8 Å². The van der Waals surface area contributed by atoms with Gasteiger partial charge in [0.1, 0.15) is 5.75 Å². The van der Waals surface area contributed by atoms with Gasteiger partial charge in [-0.2, -0.15) is 0 Å². The van der Waals surface area contributed by atoms with Crippen LogP contribution in [0.2, 0.25) is 0 Å². The molecule has 0 aromatic heterocycles. The summed E-state index contributed by atoms with van der Waals surface area (Å²) in [5.41, 5.74) is 1.88. The maximum atomic E-state index is 12.6. The highest BCUT2D eigenvalue weighted by atomic mass is 16.5. The van der Waals surface area contributed by atoms with Crippen LogP contribution in [0.25, 0.3) is 0 Å². The number of likely N-dealkylation sites (tertiary alicyclic amines) is 1. The quantitative estimate of drug-likeness (QED) is 0.715. The predicted molar refractivity (Wildman–Crippen MR) is 102 cm³/mol. The number of ether oxygens (including phenoxy) is 1. The molecular formula is C22H33NO2. The van der Waals surface area contributed by atoms with E-state index in [0.29, 0.717) is 12.3 Å². The number of nitrogens with zero attached hydrogens (tertiary/aromatic N) is 1. The number of hydrogen-bond donors (Lipinski definition) is 0. The molecule has 1 aromatic carbocycles. The summed E-state index contributed by atoms with van der Waals surface area (Å²) in [4.78, 5) is 15.4. The number of aryl methyl sites for hydroxylation is 1. The summed E-state index contributed by atoms with van der Waals surface area (Å²) < 4.78 is 5.36. The van der Waals surface area contributed by atoms with Gasteiger partial charge in [-0.3, -0.25) is 4.79 Å². The van der Waals surface area contributed by atoms with Crippen molar-refractivity contribution in [2.75, 3.05) is 20.2 Å². The SMILES string of the molecule is COc1cc(C(=O)CC2CCC(N3CCC(C)CC3)CC2)ccc1C. The highest BCUT2D eigenvalue weighted by molar-refractivity contribution is 5.96. The smallest absolute Gasteiger partial charge is 0.163 e. The number of piperidine rings is 1. The monoisotopic (exact) mass is 343 g/mol. The fourth-order valence-electron chi connectivity index (χ4n) is 4.48. The lowest BCUT2D eigenvalue weighted by Gasteiger charge is -2.40. The van der Waals surface area contributed by atoms with Gasteiger partial charge in [0.2, 0.25) is 0 Å². The van der Waals surface area contributed by atoms with Crippen molar-refractivity contribution in [2.24, 2.45) is 11.8 Å². The Balaban J connectivity index is 1.49. The van der Waals surface area contributed by atoms with Gasteiger partial charge in [-0.25, -0.2) is 0 Å². The number of ketones is 1. The first-order valence-electron chi connectivity index (χ1n) is 9.98. The Morgan fingerprint density at radius 3 is 2.44 bits per heavy atom. The molecule has 1 aromatic rings. The number of Topliss-reactive ketones (excluding diaryl/α,β-unsaturated/α-hetero) is 1. The Bertz CT molecular complexity index is 582. The molecule has 0 amide bonds. The summed E-state index contributed by atoms with van der Waals surface area (Å²) in [5, 5.41) is 0. The zero-order valence-electron chi connectivity index (χ0n) is 16.1. The molecule has 3 heteroatoms. The Labute approximate surface area is 152 Å². The van der Waals surface area contributed by atoms with Gasteiger partial charge in [0, 0.05) is 18.0 Å². The minimum absolute atomic E-state index is 0.272. The molecular weight excluding hydrogens is 310 g/mol. The second-order valence-electron chi connectivity index (χ2n) is 8.20. The summed E-state index contributed by atoms with van der Waals surface area (Å²) >= 11 is 0. The van der Waals surface area contributed by atoms with Crippen LogP contribution < -0.4 is 4.74 Å². The molecule has 3 rings (SSSR count). The van der Waals surface area contributed by atoms with Gasteiger partial charge in [-0.05, 0) is 82.0 Å². The maximum Gasteiger partial charge on any atom is 0.163 e. The van der Waals surface area contributed by atoms with E-state index in [1.807, 2.05) is 25.1 Å². The second kappa shape index (κ2) is 8.35. The molecule has 25 heavy (non-hydrogen) atoms. The van der Waals surface area contributed by atoms with Crippen LogP contribution in [0.4, 0.5) is 0 Å². The standard InChI is InChI=1S/C22H33NO2/c1-16-10-12-23(13-11-16)20-8-5-18(6-9-20)14-21(24)19-7-4-17(2)22(15-19)25-3/h4,7,15-16,18,20H,5-6,8-14H2,1-3H3. The first kappa shape index (κ1) is 18.4. The lowest BCUT2D eigenvalue weighted by atomic mass is 9.81. The first-order valence-corrected chi connectivity index (χ1v) is 9.98. The molecule has 0 bridgehead atoms. The third kappa shape index (κ3) is 4.63. The number of hydrogen-bond acceptors (Lipinski definition) is 3. The molecule has 1 saturated carbocycles. The molecule has 0 radical (unpaired) electrons. The van der Waals surface area contributed by atoms with Crippen LogP contribution in [0.3, 0.4) is 0 Å². The average Bonchev–Trinajstić information content (AvgIpc) is 2.63. The lowest BCUT2D eigenvalue weighted by molar-refractivity contribution is 0.0848. The Morgan fingerprint density at radius 2 is 1.80 bits per heavy atom. The van der Waals surface area contributed by atoms with Gasteiger partial charge < -0.3 is 9.64 Å². The Morgan fingerprint density at radius 1 is 1.12 bits per heavy atom. The number of benzene rings is 1. The third-order valence-electron chi connectivity index (χ3n) is 6.36. The van der Waals surface area contributed by atoms with Crippen molar-refractivity contribution in [3.8, 4) is 5.75 Å². The van der Waals surface area contributed by atoms with Gasteiger partial charge in [-0.1, -0.05) is 19.1 Å². The van der Waals surface area contributed by atoms with Gasteiger partial charge in [0.25, 0.3) is 0 Å². The minimum atomic E-state index is 0.272. The van der Waals surface area contributed by atoms with Crippen molar-refractivity contribution < 1.29 is 9.53 Å². The van der Waals surface area contributed by atoms with E-state index in [4.69, 9.17) is 4.74 Å². The molecule has 2 fully saturated rings. The fraction of sp³-hybridized carbons (Fsp3) is 0.682. The molecule has 1 heterocycles. The summed E-state index contributed by atoms with van der Waals surface area (Å²) in [6.07, 6.45) is 8.33. The van der Waals surface area contributed by atoms with Gasteiger partial charge in [0.05, 0.1) is 7.11 Å². The molecule has 0 N–H and O–H groups in total. The second-order valence-corrected chi connectivity index (χ2v) is 8.20. The predicted octanol–water partition coefficient (Wildman–Crippen LogP) is 4.87. The third-order valence-corrected chi connectivity index (χ3v) is 6.36. The van der Waals surface area contributed by atoms with E-state index >= 15 is 0 Å². The topological polar surface area (TPSA) is 29.5 Å². The van der Waals surface area contributed by atoms with Crippen LogP contribution in [0.15, 0.2) is 18.2 Å². The van der Waals surface area contributed by atoms with E-state index in [1.54, 1.807) is 7.11 Å². The van der Waals surface area contributed by atoms with Crippen molar-refractivity contribution in [3.63, 3.8) is 0 Å². The average molecular weight is 344 g/mol. The first-order chi connectivity index (χ1) is 12.1. The van der Waals surface area contributed by atoms with E-state index < -0.39 is 0 Å². The zero-order chi connectivity index (χ0) is 17.8.